The summed E-state index contributed by atoms with van der Waals surface area (Å²) in [5.41, 5.74) is 2.32. The molecule has 1 aliphatic heterocycles. The van der Waals surface area contributed by atoms with Crippen molar-refractivity contribution >= 4 is 15.6 Å². The van der Waals surface area contributed by atoms with Crippen molar-refractivity contribution in [3.05, 3.63) is 29.8 Å². The third-order valence-corrected chi connectivity index (χ3v) is 9.63. The topological polar surface area (TPSA) is 70.1 Å². The first kappa shape index (κ1) is 24.7. The summed E-state index contributed by atoms with van der Waals surface area (Å²) in [6.07, 6.45) is 10.6. The summed E-state index contributed by atoms with van der Waals surface area (Å²) >= 11 is 0. The van der Waals surface area contributed by atoms with Crippen LogP contribution in [0.5, 0.6) is 5.75 Å². The molecular weight excluding hydrogens is 436 g/mol. The molecule has 0 amide bonds. The van der Waals surface area contributed by atoms with Crippen LogP contribution in [0.2, 0.25) is 0 Å². The maximum absolute atomic E-state index is 13.6. The molecule has 6 nitrogen and oxygen atoms in total. The van der Waals surface area contributed by atoms with E-state index in [9.17, 15) is 13.5 Å². The van der Waals surface area contributed by atoms with Gasteiger partial charge in [-0.3, -0.25) is 0 Å². The molecule has 33 heavy (non-hydrogen) atoms. The molecule has 7 heteroatoms. The fourth-order valence-corrected chi connectivity index (χ4v) is 7.42. The Balaban J connectivity index is 1.67. The molecule has 1 aromatic carbocycles. The number of rotatable bonds is 7. The van der Waals surface area contributed by atoms with Gasteiger partial charge in [-0.1, -0.05) is 31.9 Å². The summed E-state index contributed by atoms with van der Waals surface area (Å²) < 4.78 is 35.3. The average molecular weight is 477 g/mol. The first-order chi connectivity index (χ1) is 15.8. The van der Waals surface area contributed by atoms with Crippen molar-refractivity contribution in [1.29, 1.82) is 0 Å². The highest BCUT2D eigenvalue weighted by atomic mass is 32.2. The zero-order valence-electron chi connectivity index (χ0n) is 20.4. The van der Waals surface area contributed by atoms with Gasteiger partial charge in [0.2, 0.25) is 10.0 Å². The second kappa shape index (κ2) is 10.5. The lowest BCUT2D eigenvalue weighted by molar-refractivity contribution is 0.0712. The molecule has 1 N–H and O–H groups in total. The number of fused-ring (bicyclic) bond motifs is 1. The standard InChI is InChI=1S/C26H40N2O4S/c1-19-15-28(20(2)18-29)33(30,31)26-13-12-23(22-10-6-7-11-22)14-24(26)32-25(19)17-27(3)16-21-8-4-5-9-21/h10,12-14,19-21,25,29H,4-9,11,15-18H2,1-3H3/t19-,20+,25+/m1/s1. The molecule has 3 aliphatic rings. The number of hydrogen-bond donors (Lipinski definition) is 1. The van der Waals surface area contributed by atoms with Gasteiger partial charge in [-0.05, 0) is 75.3 Å². The summed E-state index contributed by atoms with van der Waals surface area (Å²) in [5, 5.41) is 9.82. The summed E-state index contributed by atoms with van der Waals surface area (Å²) in [5.74, 6) is 1.18. The van der Waals surface area contributed by atoms with Gasteiger partial charge in [0.25, 0.3) is 0 Å². The van der Waals surface area contributed by atoms with E-state index in [1.165, 1.54) is 35.6 Å². The van der Waals surface area contributed by atoms with E-state index in [0.29, 0.717) is 12.3 Å². The van der Waals surface area contributed by atoms with Gasteiger partial charge in [-0.25, -0.2) is 8.42 Å². The Hall–Kier alpha value is -1.41. The van der Waals surface area contributed by atoms with Crippen molar-refractivity contribution in [2.75, 3.05) is 33.3 Å². The monoisotopic (exact) mass is 476 g/mol. The molecule has 1 heterocycles. The van der Waals surface area contributed by atoms with Gasteiger partial charge in [0.05, 0.1) is 6.61 Å². The second-order valence-electron chi connectivity index (χ2n) is 10.4. The van der Waals surface area contributed by atoms with Crippen LogP contribution in [0.4, 0.5) is 0 Å². The number of aliphatic hydroxyl groups excluding tert-OH is 1. The number of sulfonamides is 1. The molecule has 0 radical (unpaired) electrons. The molecule has 1 aromatic rings. The van der Waals surface area contributed by atoms with Crippen LogP contribution in [0.15, 0.2) is 29.2 Å². The van der Waals surface area contributed by atoms with E-state index in [2.05, 4.69) is 24.9 Å². The number of allylic oxidation sites excluding steroid dienone is 2. The highest BCUT2D eigenvalue weighted by Gasteiger charge is 2.38. The number of nitrogens with zero attached hydrogens (tertiary/aromatic N) is 2. The van der Waals surface area contributed by atoms with Crippen LogP contribution in [0, 0.1) is 11.8 Å². The van der Waals surface area contributed by atoms with Crippen LogP contribution in [-0.2, 0) is 10.0 Å². The fourth-order valence-electron chi connectivity index (χ4n) is 5.59. The third-order valence-electron chi connectivity index (χ3n) is 7.62. The minimum Gasteiger partial charge on any atom is -0.487 e. The van der Waals surface area contributed by atoms with E-state index in [0.717, 1.165) is 43.8 Å². The predicted octanol–water partition coefficient (Wildman–Crippen LogP) is 4.14. The highest BCUT2D eigenvalue weighted by Crippen LogP contribution is 2.37. The number of aliphatic hydroxyl groups is 1. The van der Waals surface area contributed by atoms with Gasteiger partial charge >= 0.3 is 0 Å². The minimum atomic E-state index is -3.78. The maximum Gasteiger partial charge on any atom is 0.247 e. The van der Waals surface area contributed by atoms with E-state index >= 15 is 0 Å². The van der Waals surface area contributed by atoms with Gasteiger partial charge in [0.15, 0.2) is 0 Å². The molecule has 2 aliphatic carbocycles. The van der Waals surface area contributed by atoms with E-state index in [-0.39, 0.29) is 23.5 Å². The zero-order chi connectivity index (χ0) is 23.6. The fraction of sp³-hybridized carbons (Fsp3) is 0.692. The molecule has 0 spiro atoms. The van der Waals surface area contributed by atoms with E-state index in [1.807, 2.05) is 12.1 Å². The van der Waals surface area contributed by atoms with Crippen molar-refractivity contribution in [3.63, 3.8) is 0 Å². The molecule has 0 aromatic heterocycles. The molecule has 1 fully saturated rings. The molecule has 0 saturated heterocycles. The minimum absolute atomic E-state index is 0.0118. The maximum atomic E-state index is 13.6. The average Bonchev–Trinajstić information content (AvgIpc) is 3.50. The molecule has 1 saturated carbocycles. The lowest BCUT2D eigenvalue weighted by Gasteiger charge is -2.38. The number of ether oxygens (including phenoxy) is 1. The van der Waals surface area contributed by atoms with Crippen molar-refractivity contribution < 1.29 is 18.3 Å². The van der Waals surface area contributed by atoms with Gasteiger partial charge in [0, 0.05) is 31.6 Å². The largest absolute Gasteiger partial charge is 0.487 e. The third kappa shape index (κ3) is 5.47. The van der Waals surface area contributed by atoms with E-state index < -0.39 is 16.1 Å². The van der Waals surface area contributed by atoms with Gasteiger partial charge in [0.1, 0.15) is 16.7 Å². The normalized spacial score (nSPS) is 27.0. The zero-order valence-corrected chi connectivity index (χ0v) is 21.2. The van der Waals surface area contributed by atoms with Crippen LogP contribution in [0.1, 0.15) is 64.4 Å². The number of hydrogen-bond acceptors (Lipinski definition) is 5. The lowest BCUT2D eigenvalue weighted by atomic mass is 10.0. The first-order valence-corrected chi connectivity index (χ1v) is 14.0. The van der Waals surface area contributed by atoms with Crippen molar-refractivity contribution in [2.24, 2.45) is 11.8 Å². The van der Waals surface area contributed by atoms with Crippen molar-refractivity contribution in [3.8, 4) is 5.75 Å². The van der Waals surface area contributed by atoms with Gasteiger partial charge in [-0.15, -0.1) is 0 Å². The Morgan fingerprint density at radius 1 is 1.21 bits per heavy atom. The lowest BCUT2D eigenvalue weighted by Crippen LogP contribution is -2.49. The Morgan fingerprint density at radius 2 is 1.97 bits per heavy atom. The SMILES string of the molecule is C[C@@H]1CN([C@@H](C)CO)S(=O)(=O)c2ccc(C3=CCCC3)cc2O[C@H]1CN(C)CC1CCCC1. The smallest absolute Gasteiger partial charge is 0.247 e. The molecule has 4 rings (SSSR count). The molecule has 184 valence electrons. The summed E-state index contributed by atoms with van der Waals surface area (Å²) in [7, 11) is -1.63. The number of benzene rings is 1. The summed E-state index contributed by atoms with van der Waals surface area (Å²) in [6, 6.07) is 5.04. The van der Waals surface area contributed by atoms with Crippen LogP contribution < -0.4 is 4.74 Å². The van der Waals surface area contributed by atoms with Gasteiger partial charge in [-0.2, -0.15) is 4.31 Å². The van der Waals surface area contributed by atoms with Crippen molar-refractivity contribution in [2.45, 2.75) is 75.8 Å². The quantitative estimate of drug-likeness (QED) is 0.640. The predicted molar refractivity (Wildman–Crippen MR) is 132 cm³/mol. The summed E-state index contributed by atoms with van der Waals surface area (Å²) in [4.78, 5) is 2.57. The number of likely N-dealkylation sites (N-methyl/N-ethyl adjacent to an activating group) is 1. The molecule has 3 atom stereocenters. The van der Waals surface area contributed by atoms with Crippen LogP contribution in [-0.4, -0.2) is 68.2 Å². The second-order valence-corrected chi connectivity index (χ2v) is 12.3. The first-order valence-electron chi connectivity index (χ1n) is 12.6. The van der Waals surface area contributed by atoms with Crippen LogP contribution in [0.3, 0.4) is 0 Å². The van der Waals surface area contributed by atoms with Gasteiger partial charge < -0.3 is 14.7 Å². The van der Waals surface area contributed by atoms with Crippen molar-refractivity contribution in [1.82, 2.24) is 9.21 Å². The van der Waals surface area contributed by atoms with E-state index in [1.54, 1.807) is 13.0 Å². The van der Waals surface area contributed by atoms with Crippen LogP contribution >= 0.6 is 0 Å². The van der Waals surface area contributed by atoms with E-state index in [4.69, 9.17) is 4.74 Å². The Labute approximate surface area is 199 Å². The molecular formula is C26H40N2O4S. The van der Waals surface area contributed by atoms with Crippen LogP contribution in [0.25, 0.3) is 5.57 Å². The highest BCUT2D eigenvalue weighted by molar-refractivity contribution is 7.89. The Morgan fingerprint density at radius 3 is 2.64 bits per heavy atom. The molecule has 0 unspecified atom stereocenters. The molecule has 0 bridgehead atoms. The Bertz CT molecular complexity index is 955. The summed E-state index contributed by atoms with van der Waals surface area (Å²) in [6.45, 7) is 5.77. The Kier molecular flexibility index (Phi) is 7.83.